The third kappa shape index (κ3) is 4.74. The summed E-state index contributed by atoms with van der Waals surface area (Å²) >= 11 is 0. The van der Waals surface area contributed by atoms with Crippen LogP contribution in [0.15, 0.2) is 30.7 Å². The maximum absolute atomic E-state index is 13.6. The minimum absolute atomic E-state index is 0.00492. The van der Waals surface area contributed by atoms with E-state index in [1.165, 1.54) is 6.20 Å². The molecule has 11 nitrogen and oxygen atoms in total. The fourth-order valence-electron chi connectivity index (χ4n) is 6.72. The normalized spacial score (nSPS) is 28.4. The summed E-state index contributed by atoms with van der Waals surface area (Å²) in [6, 6.07) is 1.77. The molecule has 4 N–H and O–H groups in total. The zero-order valence-electron chi connectivity index (χ0n) is 21.5. The summed E-state index contributed by atoms with van der Waals surface area (Å²) in [5, 5.41) is 14.9. The molecule has 0 radical (unpaired) electrons. The Labute approximate surface area is 215 Å². The van der Waals surface area contributed by atoms with Crippen LogP contribution in [0, 0.1) is 23.2 Å². The number of hydrogen-bond acceptors (Lipinski definition) is 6. The molecule has 4 bridgehead atoms. The maximum atomic E-state index is 13.6. The van der Waals surface area contributed by atoms with Gasteiger partial charge in [0.1, 0.15) is 11.2 Å². The molecular formula is C26H35N7O4. The Bertz CT molecular complexity index is 1200. The van der Waals surface area contributed by atoms with E-state index in [-0.39, 0.29) is 29.7 Å². The summed E-state index contributed by atoms with van der Waals surface area (Å²) in [6.45, 7) is 6.06. The summed E-state index contributed by atoms with van der Waals surface area (Å²) in [4.78, 5) is 37.6. The molecule has 2 aromatic rings. The van der Waals surface area contributed by atoms with Gasteiger partial charge in [0.05, 0.1) is 11.6 Å². The van der Waals surface area contributed by atoms with E-state index in [2.05, 4.69) is 20.8 Å². The van der Waals surface area contributed by atoms with Gasteiger partial charge in [-0.3, -0.25) is 9.59 Å². The number of nitrogens with zero attached hydrogens (tertiary/aromatic N) is 4. The molecule has 4 aliphatic rings. The van der Waals surface area contributed by atoms with E-state index in [9.17, 15) is 14.4 Å². The van der Waals surface area contributed by atoms with E-state index >= 15 is 0 Å². The van der Waals surface area contributed by atoms with E-state index in [4.69, 9.17) is 10.5 Å². The van der Waals surface area contributed by atoms with Crippen molar-refractivity contribution in [1.82, 2.24) is 30.2 Å². The number of carbonyl (C=O) groups excluding carboxylic acids is 3. The van der Waals surface area contributed by atoms with Gasteiger partial charge in [-0.25, -0.2) is 14.2 Å². The monoisotopic (exact) mass is 509 g/mol. The van der Waals surface area contributed by atoms with Crippen molar-refractivity contribution in [2.24, 2.45) is 28.9 Å². The molecule has 4 aliphatic carbocycles. The molecule has 0 spiro atoms. The van der Waals surface area contributed by atoms with E-state index in [0.29, 0.717) is 23.8 Å². The maximum Gasteiger partial charge on any atom is 0.405 e. The lowest BCUT2D eigenvalue weighted by Gasteiger charge is -2.58. The number of amides is 3. The van der Waals surface area contributed by atoms with Crippen molar-refractivity contribution >= 4 is 24.1 Å². The van der Waals surface area contributed by atoms with Crippen LogP contribution in [0.4, 0.5) is 4.79 Å². The van der Waals surface area contributed by atoms with Crippen LogP contribution in [0.3, 0.4) is 0 Å². The first-order chi connectivity index (χ1) is 17.6. The number of primary amides is 1. The minimum atomic E-state index is -0.769. The van der Waals surface area contributed by atoms with Crippen molar-refractivity contribution in [1.29, 1.82) is 0 Å². The van der Waals surface area contributed by atoms with Crippen LogP contribution in [0.1, 0.15) is 63.2 Å². The lowest BCUT2D eigenvalue weighted by Crippen LogP contribution is -2.63. The zero-order valence-corrected chi connectivity index (χ0v) is 21.5. The molecule has 0 aromatic carbocycles. The SMILES string of the molecule is CCNC(=O)C(C)(C)C=Cn1ncc(C(=O)NC2C3CC4CC2CC(OC(N)=O)(C4)C3)c1-n1cccn1. The molecule has 2 heterocycles. The second kappa shape index (κ2) is 9.35. The van der Waals surface area contributed by atoms with Crippen molar-refractivity contribution in [2.75, 3.05) is 6.54 Å². The van der Waals surface area contributed by atoms with Crippen LogP contribution >= 0.6 is 0 Å². The van der Waals surface area contributed by atoms with Crippen molar-refractivity contribution in [2.45, 2.75) is 64.5 Å². The van der Waals surface area contributed by atoms with Crippen LogP contribution in [0.2, 0.25) is 0 Å². The molecule has 0 aliphatic heterocycles. The van der Waals surface area contributed by atoms with E-state index in [1.54, 1.807) is 40.1 Å². The smallest absolute Gasteiger partial charge is 0.405 e. The molecule has 4 saturated carbocycles. The number of aromatic nitrogens is 4. The van der Waals surface area contributed by atoms with Gasteiger partial charge >= 0.3 is 6.09 Å². The van der Waals surface area contributed by atoms with Crippen molar-refractivity contribution in [3.63, 3.8) is 0 Å². The molecule has 4 fully saturated rings. The standard InChI is InChI=1S/C26H35N7O4/c1-4-28-23(35)25(2,3)6-9-33-22(32-8-5-7-29-32)19(15-30-33)21(34)31-20-17-10-16-11-18(20)14-26(12-16,13-17)37-24(27)36/h5-9,15-18,20H,4,10-14H2,1-3H3,(H2,27,36)(H,28,35)(H,31,34). The van der Waals surface area contributed by atoms with Crippen LogP contribution in [-0.2, 0) is 9.53 Å². The van der Waals surface area contributed by atoms with Gasteiger partial charge < -0.3 is 21.1 Å². The number of hydrogen-bond donors (Lipinski definition) is 3. The minimum Gasteiger partial charge on any atom is -0.443 e. The van der Waals surface area contributed by atoms with Crippen LogP contribution in [0.25, 0.3) is 12.0 Å². The summed E-state index contributed by atoms with van der Waals surface area (Å²) in [7, 11) is 0. The first-order valence-electron chi connectivity index (χ1n) is 13.0. The zero-order chi connectivity index (χ0) is 26.4. The summed E-state index contributed by atoms with van der Waals surface area (Å²) in [5.41, 5.74) is 4.51. The number of ether oxygens (including phenoxy) is 1. The van der Waals surface area contributed by atoms with Gasteiger partial charge in [0.25, 0.3) is 5.91 Å². The molecule has 3 amide bonds. The van der Waals surface area contributed by atoms with Crippen molar-refractivity contribution in [3.8, 4) is 5.82 Å². The molecule has 2 atom stereocenters. The average Bonchev–Trinajstić information content (AvgIpc) is 3.48. The lowest BCUT2D eigenvalue weighted by molar-refractivity contribution is -0.137. The van der Waals surface area contributed by atoms with Gasteiger partial charge in [-0.1, -0.05) is 6.08 Å². The van der Waals surface area contributed by atoms with Gasteiger partial charge in [0.15, 0.2) is 5.82 Å². The van der Waals surface area contributed by atoms with Gasteiger partial charge in [0, 0.05) is 31.2 Å². The van der Waals surface area contributed by atoms with Crippen molar-refractivity contribution < 1.29 is 19.1 Å². The third-order valence-corrected chi connectivity index (χ3v) is 8.12. The average molecular weight is 510 g/mol. The van der Waals surface area contributed by atoms with Crippen LogP contribution in [0.5, 0.6) is 0 Å². The topological polar surface area (TPSA) is 146 Å². The van der Waals surface area contributed by atoms with Crippen LogP contribution < -0.4 is 16.4 Å². The second-order valence-corrected chi connectivity index (χ2v) is 11.2. The van der Waals surface area contributed by atoms with Crippen LogP contribution in [-0.4, -0.2) is 55.7 Å². The number of nitrogens with one attached hydrogen (secondary N) is 2. The molecule has 6 rings (SSSR count). The van der Waals surface area contributed by atoms with Gasteiger partial charge in [0.2, 0.25) is 5.91 Å². The highest BCUT2D eigenvalue weighted by molar-refractivity contribution is 5.97. The Morgan fingerprint density at radius 2 is 1.95 bits per heavy atom. The molecule has 2 unspecified atom stereocenters. The second-order valence-electron chi connectivity index (χ2n) is 11.2. The Kier molecular flexibility index (Phi) is 6.33. The Morgan fingerprint density at radius 3 is 2.57 bits per heavy atom. The molecule has 2 aromatic heterocycles. The highest BCUT2D eigenvalue weighted by Gasteiger charge is 2.57. The van der Waals surface area contributed by atoms with Gasteiger partial charge in [-0.15, -0.1) is 0 Å². The lowest BCUT2D eigenvalue weighted by atomic mass is 9.52. The summed E-state index contributed by atoms with van der Waals surface area (Å²) in [6.07, 6.45) is 12.0. The predicted octanol–water partition coefficient (Wildman–Crippen LogP) is 2.47. The first-order valence-corrected chi connectivity index (χ1v) is 13.0. The largest absolute Gasteiger partial charge is 0.443 e. The Balaban J connectivity index is 1.38. The molecular weight excluding hydrogens is 474 g/mol. The van der Waals surface area contributed by atoms with E-state index < -0.39 is 17.1 Å². The molecule has 0 saturated heterocycles. The van der Waals surface area contributed by atoms with E-state index in [1.807, 2.05) is 20.8 Å². The quantitative estimate of drug-likeness (QED) is 0.498. The summed E-state index contributed by atoms with van der Waals surface area (Å²) in [5.74, 6) is 1.12. The highest BCUT2D eigenvalue weighted by Crippen LogP contribution is 2.57. The van der Waals surface area contributed by atoms with Gasteiger partial charge in [-0.05, 0) is 76.7 Å². The fraction of sp³-hybridized carbons (Fsp3) is 0.577. The number of carbonyl (C=O) groups is 3. The van der Waals surface area contributed by atoms with Gasteiger partial charge in [-0.2, -0.15) is 10.2 Å². The Morgan fingerprint density at radius 1 is 1.22 bits per heavy atom. The third-order valence-electron chi connectivity index (χ3n) is 8.12. The number of rotatable bonds is 8. The summed E-state index contributed by atoms with van der Waals surface area (Å²) < 4.78 is 8.77. The fourth-order valence-corrected chi connectivity index (χ4v) is 6.72. The number of nitrogens with two attached hydrogens (primary N) is 1. The molecule has 37 heavy (non-hydrogen) atoms. The predicted molar refractivity (Wildman–Crippen MR) is 135 cm³/mol. The molecule has 198 valence electrons. The Hall–Kier alpha value is -3.63. The molecule has 11 heteroatoms. The van der Waals surface area contributed by atoms with E-state index in [0.717, 1.165) is 32.1 Å². The van der Waals surface area contributed by atoms with Crippen molar-refractivity contribution in [3.05, 3.63) is 36.3 Å². The first kappa shape index (κ1) is 25.0. The highest BCUT2D eigenvalue weighted by atomic mass is 16.6.